The maximum atomic E-state index is 4.69. The van der Waals surface area contributed by atoms with Gasteiger partial charge in [0.25, 0.3) is 0 Å². The van der Waals surface area contributed by atoms with E-state index in [1.54, 1.807) is 10.9 Å². The van der Waals surface area contributed by atoms with E-state index in [1.165, 1.54) is 0 Å². The van der Waals surface area contributed by atoms with Gasteiger partial charge in [-0.1, -0.05) is 25.1 Å². The molecule has 0 saturated heterocycles. The Morgan fingerprint density at radius 3 is 2.73 bits per heavy atom. The highest BCUT2D eigenvalue weighted by Gasteiger charge is 2.16. The second kappa shape index (κ2) is 6.59. The number of rotatable bonds is 5. The predicted octanol–water partition coefficient (Wildman–Crippen LogP) is 3.28. The molecular weight excluding hydrogens is 326 g/mol. The lowest BCUT2D eigenvalue weighted by Crippen LogP contribution is -2.13. The van der Waals surface area contributed by atoms with E-state index in [4.69, 9.17) is 4.98 Å². The van der Waals surface area contributed by atoms with Gasteiger partial charge in [-0.15, -0.1) is 0 Å². The second-order valence-electron chi connectivity index (χ2n) is 6.22. The average Bonchev–Trinajstić information content (AvgIpc) is 3.32. The Balaban J connectivity index is 1.74. The predicted molar refractivity (Wildman–Crippen MR) is 101 cm³/mol. The minimum Gasteiger partial charge on any atom is -0.363 e. The van der Waals surface area contributed by atoms with Crippen molar-refractivity contribution in [2.45, 2.75) is 26.3 Å². The molecule has 1 N–H and O–H groups in total. The van der Waals surface area contributed by atoms with E-state index in [9.17, 15) is 0 Å². The number of fused-ring (bicyclic) bond motifs is 1. The summed E-state index contributed by atoms with van der Waals surface area (Å²) in [5.74, 6) is 1.61. The van der Waals surface area contributed by atoms with Crippen LogP contribution in [0, 0.1) is 0 Å². The van der Waals surface area contributed by atoms with Crippen molar-refractivity contribution >= 4 is 16.9 Å². The largest absolute Gasteiger partial charge is 0.363 e. The van der Waals surface area contributed by atoms with Gasteiger partial charge in [0, 0.05) is 25.9 Å². The van der Waals surface area contributed by atoms with Gasteiger partial charge in [0.2, 0.25) is 0 Å². The van der Waals surface area contributed by atoms with Crippen molar-refractivity contribution in [2.75, 3.05) is 5.32 Å². The third-order valence-electron chi connectivity index (χ3n) is 4.46. The minimum atomic E-state index is 0.0402. The molecule has 0 aliphatic carbocycles. The van der Waals surface area contributed by atoms with E-state index in [0.717, 1.165) is 40.3 Å². The Morgan fingerprint density at radius 1 is 1.12 bits per heavy atom. The highest BCUT2D eigenvalue weighted by atomic mass is 15.3. The first kappa shape index (κ1) is 16.3. The van der Waals surface area contributed by atoms with Crippen molar-refractivity contribution in [3.63, 3.8) is 0 Å². The fraction of sp³-hybridized carbons (Fsp3) is 0.263. The number of aromatic nitrogens is 6. The van der Waals surface area contributed by atoms with Gasteiger partial charge in [-0.2, -0.15) is 10.2 Å². The second-order valence-corrected chi connectivity index (χ2v) is 6.22. The topological polar surface area (TPSA) is 73.5 Å². The van der Waals surface area contributed by atoms with Crippen LogP contribution in [0.3, 0.4) is 0 Å². The number of nitrogens with zero attached hydrogens (tertiary/aromatic N) is 6. The lowest BCUT2D eigenvalue weighted by Gasteiger charge is -2.19. The molecule has 4 aromatic rings. The maximum Gasteiger partial charge on any atom is 0.163 e. The molecule has 0 fully saturated rings. The zero-order chi connectivity index (χ0) is 18.1. The molecule has 0 unspecified atom stereocenters. The summed E-state index contributed by atoms with van der Waals surface area (Å²) in [5.41, 5.74) is 3.03. The van der Waals surface area contributed by atoms with Crippen LogP contribution in [0.2, 0.25) is 0 Å². The van der Waals surface area contributed by atoms with Crippen molar-refractivity contribution in [3.05, 3.63) is 60.3 Å². The van der Waals surface area contributed by atoms with Crippen LogP contribution in [0.4, 0.5) is 5.82 Å². The van der Waals surface area contributed by atoms with Crippen LogP contribution < -0.4 is 5.32 Å². The van der Waals surface area contributed by atoms with Crippen LogP contribution in [-0.4, -0.2) is 29.5 Å². The van der Waals surface area contributed by atoms with Crippen molar-refractivity contribution in [1.29, 1.82) is 0 Å². The first-order valence-electron chi connectivity index (χ1n) is 8.71. The number of para-hydroxylation sites is 1. The fourth-order valence-corrected chi connectivity index (χ4v) is 3.09. The van der Waals surface area contributed by atoms with Gasteiger partial charge in [-0.25, -0.2) is 14.6 Å². The Hall–Kier alpha value is -3.22. The van der Waals surface area contributed by atoms with Crippen LogP contribution in [-0.2, 0) is 13.5 Å². The zero-order valence-electron chi connectivity index (χ0n) is 15.1. The average molecular weight is 347 g/mol. The summed E-state index contributed by atoms with van der Waals surface area (Å²) < 4.78 is 3.66. The SMILES string of the molecule is CCc1nc(N[C@H](C)c2ccccc2-n2cccn2)c2cnn(C)c2n1. The summed E-state index contributed by atoms with van der Waals surface area (Å²) >= 11 is 0. The molecule has 4 rings (SSSR count). The molecule has 132 valence electrons. The van der Waals surface area contributed by atoms with Gasteiger partial charge in [0.1, 0.15) is 11.6 Å². The van der Waals surface area contributed by atoms with Crippen molar-refractivity contribution < 1.29 is 0 Å². The fourth-order valence-electron chi connectivity index (χ4n) is 3.09. The number of benzene rings is 1. The van der Waals surface area contributed by atoms with Gasteiger partial charge in [0.05, 0.1) is 23.3 Å². The Kier molecular flexibility index (Phi) is 4.12. The van der Waals surface area contributed by atoms with E-state index in [1.807, 2.05) is 42.3 Å². The van der Waals surface area contributed by atoms with Crippen molar-refractivity contribution in [1.82, 2.24) is 29.5 Å². The van der Waals surface area contributed by atoms with Crippen molar-refractivity contribution in [3.8, 4) is 5.69 Å². The lowest BCUT2D eigenvalue weighted by atomic mass is 10.1. The van der Waals surface area contributed by atoms with Crippen LogP contribution >= 0.6 is 0 Å². The molecular formula is C19H21N7. The molecule has 3 aromatic heterocycles. The highest BCUT2D eigenvalue weighted by molar-refractivity contribution is 5.86. The molecule has 0 saturated carbocycles. The summed E-state index contributed by atoms with van der Waals surface area (Å²) in [6, 6.07) is 10.2. The normalized spacial score (nSPS) is 12.4. The first-order valence-corrected chi connectivity index (χ1v) is 8.71. The van der Waals surface area contributed by atoms with Gasteiger partial charge in [-0.3, -0.25) is 4.68 Å². The molecule has 26 heavy (non-hydrogen) atoms. The van der Waals surface area contributed by atoms with Crippen LogP contribution in [0.15, 0.2) is 48.9 Å². The molecule has 0 amide bonds. The Labute approximate surface area is 151 Å². The highest BCUT2D eigenvalue weighted by Crippen LogP contribution is 2.27. The van der Waals surface area contributed by atoms with E-state index in [-0.39, 0.29) is 6.04 Å². The smallest absolute Gasteiger partial charge is 0.163 e. The zero-order valence-corrected chi connectivity index (χ0v) is 15.1. The summed E-state index contributed by atoms with van der Waals surface area (Å²) in [7, 11) is 1.90. The third kappa shape index (κ3) is 2.81. The number of anilines is 1. The summed E-state index contributed by atoms with van der Waals surface area (Å²) in [4.78, 5) is 9.28. The summed E-state index contributed by atoms with van der Waals surface area (Å²) in [5, 5.41) is 13.2. The maximum absolute atomic E-state index is 4.69. The number of nitrogens with one attached hydrogen (secondary N) is 1. The molecule has 7 nitrogen and oxygen atoms in total. The molecule has 3 heterocycles. The van der Waals surface area contributed by atoms with Gasteiger partial charge in [0.15, 0.2) is 5.65 Å². The van der Waals surface area contributed by atoms with Crippen LogP contribution in [0.5, 0.6) is 0 Å². The third-order valence-corrected chi connectivity index (χ3v) is 4.46. The van der Waals surface area contributed by atoms with E-state index >= 15 is 0 Å². The summed E-state index contributed by atoms with van der Waals surface area (Å²) in [6.07, 6.45) is 6.31. The van der Waals surface area contributed by atoms with Gasteiger partial charge >= 0.3 is 0 Å². The van der Waals surface area contributed by atoms with Gasteiger partial charge < -0.3 is 5.32 Å². The molecule has 0 aliphatic rings. The molecule has 1 atom stereocenters. The summed E-state index contributed by atoms with van der Waals surface area (Å²) in [6.45, 7) is 4.18. The quantitative estimate of drug-likeness (QED) is 0.600. The monoisotopic (exact) mass is 347 g/mol. The molecule has 7 heteroatoms. The first-order chi connectivity index (χ1) is 12.7. The standard InChI is InChI=1S/C19H21N7/c1-4-17-23-18(15-12-21-25(3)19(15)24-17)22-13(2)14-8-5-6-9-16(14)26-11-7-10-20-26/h5-13H,4H2,1-3H3,(H,22,23,24)/t13-/m1/s1. The van der Waals surface area contributed by atoms with Crippen LogP contribution in [0.25, 0.3) is 16.7 Å². The Morgan fingerprint density at radius 2 is 1.96 bits per heavy atom. The molecule has 0 spiro atoms. The number of hydrogen-bond donors (Lipinski definition) is 1. The molecule has 1 aromatic carbocycles. The van der Waals surface area contributed by atoms with E-state index < -0.39 is 0 Å². The van der Waals surface area contributed by atoms with Gasteiger partial charge in [-0.05, 0) is 24.6 Å². The molecule has 0 radical (unpaired) electrons. The molecule has 0 bridgehead atoms. The number of hydrogen-bond acceptors (Lipinski definition) is 5. The van der Waals surface area contributed by atoms with E-state index in [0.29, 0.717) is 0 Å². The Bertz CT molecular complexity index is 1030. The lowest BCUT2D eigenvalue weighted by molar-refractivity contribution is 0.778. The van der Waals surface area contributed by atoms with Crippen molar-refractivity contribution in [2.24, 2.45) is 7.05 Å². The molecule has 0 aliphatic heterocycles. The number of aryl methyl sites for hydroxylation is 2. The van der Waals surface area contributed by atoms with E-state index in [2.05, 4.69) is 46.5 Å². The van der Waals surface area contributed by atoms with Crippen LogP contribution in [0.1, 0.15) is 31.3 Å². The minimum absolute atomic E-state index is 0.0402.